The second kappa shape index (κ2) is 6.49. The highest BCUT2D eigenvalue weighted by Gasteiger charge is 2.18. The fourth-order valence-electron chi connectivity index (χ4n) is 3.10. The Morgan fingerprint density at radius 3 is 2.45 bits per heavy atom. The van der Waals surface area contributed by atoms with Crippen molar-refractivity contribution in [1.29, 1.82) is 0 Å². The summed E-state index contributed by atoms with van der Waals surface area (Å²) < 4.78 is 13.3. The molecule has 0 N–H and O–H groups in total. The van der Waals surface area contributed by atoms with Gasteiger partial charge in [0.1, 0.15) is 5.82 Å². The zero-order valence-electron chi connectivity index (χ0n) is 13.3. The van der Waals surface area contributed by atoms with Gasteiger partial charge in [0, 0.05) is 38.4 Å². The van der Waals surface area contributed by atoms with Crippen LogP contribution in [-0.2, 0) is 6.54 Å². The largest absolute Gasteiger partial charge is 0.369 e. The molecule has 22 heavy (non-hydrogen) atoms. The van der Waals surface area contributed by atoms with Crippen molar-refractivity contribution in [2.24, 2.45) is 0 Å². The topological polar surface area (TPSA) is 6.48 Å². The molecule has 0 saturated carbocycles. The van der Waals surface area contributed by atoms with Gasteiger partial charge in [0.05, 0.1) is 0 Å². The molecule has 1 aliphatic rings. The predicted molar refractivity (Wildman–Crippen MR) is 89.8 cm³/mol. The molecular formula is C19H23FN2. The van der Waals surface area contributed by atoms with E-state index in [0.29, 0.717) is 0 Å². The van der Waals surface area contributed by atoms with Crippen LogP contribution >= 0.6 is 0 Å². The van der Waals surface area contributed by atoms with E-state index in [1.807, 2.05) is 6.07 Å². The average Bonchev–Trinajstić information content (AvgIpc) is 2.51. The molecule has 0 bridgehead atoms. The SMILES string of the molecule is Cc1ccc(C)c(N2CCN(Cc3cccc(F)c3)CC2)c1. The van der Waals surface area contributed by atoms with E-state index in [1.165, 1.54) is 22.9 Å². The van der Waals surface area contributed by atoms with Crippen LogP contribution in [0.1, 0.15) is 16.7 Å². The van der Waals surface area contributed by atoms with Crippen LogP contribution in [0.2, 0.25) is 0 Å². The van der Waals surface area contributed by atoms with E-state index < -0.39 is 0 Å². The number of halogens is 1. The summed E-state index contributed by atoms with van der Waals surface area (Å²) in [6.07, 6.45) is 0. The molecule has 0 aromatic heterocycles. The second-order valence-electron chi connectivity index (χ2n) is 6.18. The Bertz CT molecular complexity index is 646. The molecule has 0 aliphatic carbocycles. The quantitative estimate of drug-likeness (QED) is 0.851. The summed E-state index contributed by atoms with van der Waals surface area (Å²) in [7, 11) is 0. The van der Waals surface area contributed by atoms with E-state index in [4.69, 9.17) is 0 Å². The molecule has 1 heterocycles. The number of nitrogens with zero attached hydrogens (tertiary/aromatic N) is 2. The number of anilines is 1. The summed E-state index contributed by atoms with van der Waals surface area (Å²) in [5, 5.41) is 0. The number of hydrogen-bond acceptors (Lipinski definition) is 2. The molecule has 3 heteroatoms. The summed E-state index contributed by atoms with van der Waals surface area (Å²) >= 11 is 0. The standard InChI is InChI=1S/C19H23FN2/c1-15-6-7-16(2)19(12-15)22-10-8-21(9-11-22)14-17-4-3-5-18(20)13-17/h3-7,12-13H,8-11,14H2,1-2H3. The number of benzene rings is 2. The zero-order chi connectivity index (χ0) is 15.5. The minimum Gasteiger partial charge on any atom is -0.369 e. The Balaban J connectivity index is 1.61. The van der Waals surface area contributed by atoms with E-state index in [-0.39, 0.29) is 5.82 Å². The van der Waals surface area contributed by atoms with Crippen LogP contribution in [0, 0.1) is 19.7 Å². The number of rotatable bonds is 3. The Morgan fingerprint density at radius 1 is 0.955 bits per heavy atom. The lowest BCUT2D eigenvalue weighted by molar-refractivity contribution is 0.249. The lowest BCUT2D eigenvalue weighted by atomic mass is 10.1. The van der Waals surface area contributed by atoms with Crippen LogP contribution in [0.15, 0.2) is 42.5 Å². The third kappa shape index (κ3) is 3.47. The van der Waals surface area contributed by atoms with Crippen molar-refractivity contribution in [3.05, 3.63) is 65.0 Å². The highest BCUT2D eigenvalue weighted by atomic mass is 19.1. The van der Waals surface area contributed by atoms with Gasteiger partial charge in [-0.25, -0.2) is 4.39 Å². The fraction of sp³-hybridized carbons (Fsp3) is 0.368. The number of hydrogen-bond donors (Lipinski definition) is 0. The minimum atomic E-state index is -0.147. The van der Waals surface area contributed by atoms with Crippen LogP contribution in [0.25, 0.3) is 0 Å². The molecule has 2 aromatic rings. The maximum Gasteiger partial charge on any atom is 0.123 e. The predicted octanol–water partition coefficient (Wildman–Crippen LogP) is 3.76. The van der Waals surface area contributed by atoms with Crippen LogP contribution in [0.4, 0.5) is 10.1 Å². The number of aryl methyl sites for hydroxylation is 2. The summed E-state index contributed by atoms with van der Waals surface area (Å²) in [6.45, 7) is 9.24. The molecule has 0 radical (unpaired) electrons. The molecular weight excluding hydrogens is 275 g/mol. The third-order valence-corrected chi connectivity index (χ3v) is 4.37. The first kappa shape index (κ1) is 15.0. The molecule has 2 nitrogen and oxygen atoms in total. The maximum absolute atomic E-state index is 13.3. The number of piperazine rings is 1. The minimum absolute atomic E-state index is 0.147. The van der Waals surface area contributed by atoms with Gasteiger partial charge in [-0.15, -0.1) is 0 Å². The molecule has 1 saturated heterocycles. The van der Waals surface area contributed by atoms with Crippen molar-refractivity contribution >= 4 is 5.69 Å². The van der Waals surface area contributed by atoms with Crippen molar-refractivity contribution in [1.82, 2.24) is 4.90 Å². The van der Waals surface area contributed by atoms with E-state index >= 15 is 0 Å². The fourth-order valence-corrected chi connectivity index (χ4v) is 3.10. The lowest BCUT2D eigenvalue weighted by Crippen LogP contribution is -2.46. The van der Waals surface area contributed by atoms with E-state index in [2.05, 4.69) is 41.8 Å². The van der Waals surface area contributed by atoms with E-state index in [0.717, 1.165) is 38.3 Å². The third-order valence-electron chi connectivity index (χ3n) is 4.37. The highest BCUT2D eigenvalue weighted by molar-refractivity contribution is 5.55. The van der Waals surface area contributed by atoms with Gasteiger partial charge in [0.2, 0.25) is 0 Å². The van der Waals surface area contributed by atoms with Gasteiger partial charge in [-0.1, -0.05) is 24.3 Å². The molecule has 0 unspecified atom stereocenters. The molecule has 3 rings (SSSR count). The highest BCUT2D eigenvalue weighted by Crippen LogP contribution is 2.23. The van der Waals surface area contributed by atoms with Gasteiger partial charge in [-0.05, 0) is 48.7 Å². The Labute approximate surface area is 132 Å². The van der Waals surface area contributed by atoms with Gasteiger partial charge in [0.25, 0.3) is 0 Å². The van der Waals surface area contributed by atoms with E-state index in [1.54, 1.807) is 12.1 Å². The van der Waals surface area contributed by atoms with Crippen LogP contribution in [0.5, 0.6) is 0 Å². The van der Waals surface area contributed by atoms with Crippen LogP contribution < -0.4 is 4.90 Å². The Kier molecular flexibility index (Phi) is 4.44. The van der Waals surface area contributed by atoms with Gasteiger partial charge in [-0.3, -0.25) is 4.90 Å². The molecule has 1 fully saturated rings. The zero-order valence-corrected chi connectivity index (χ0v) is 13.3. The Hall–Kier alpha value is -1.87. The van der Waals surface area contributed by atoms with Crippen molar-refractivity contribution < 1.29 is 4.39 Å². The van der Waals surface area contributed by atoms with Gasteiger partial charge < -0.3 is 4.90 Å². The summed E-state index contributed by atoms with van der Waals surface area (Å²) in [5.41, 5.74) is 5.05. The normalized spacial score (nSPS) is 16.0. The smallest absolute Gasteiger partial charge is 0.123 e. The first-order valence-electron chi connectivity index (χ1n) is 7.91. The van der Waals surface area contributed by atoms with Crippen molar-refractivity contribution in [3.63, 3.8) is 0 Å². The molecule has 2 aromatic carbocycles. The first-order chi connectivity index (χ1) is 10.6. The summed E-state index contributed by atoms with van der Waals surface area (Å²) in [6, 6.07) is 13.6. The molecule has 1 aliphatic heterocycles. The van der Waals surface area contributed by atoms with Gasteiger partial charge >= 0.3 is 0 Å². The van der Waals surface area contributed by atoms with Crippen molar-refractivity contribution in [3.8, 4) is 0 Å². The van der Waals surface area contributed by atoms with Gasteiger partial charge in [0.15, 0.2) is 0 Å². The van der Waals surface area contributed by atoms with E-state index in [9.17, 15) is 4.39 Å². The first-order valence-corrected chi connectivity index (χ1v) is 7.91. The van der Waals surface area contributed by atoms with Gasteiger partial charge in [-0.2, -0.15) is 0 Å². The van der Waals surface area contributed by atoms with Crippen molar-refractivity contribution in [2.75, 3.05) is 31.1 Å². The summed E-state index contributed by atoms with van der Waals surface area (Å²) in [4.78, 5) is 4.86. The second-order valence-corrected chi connectivity index (χ2v) is 6.18. The molecule has 0 amide bonds. The Morgan fingerprint density at radius 2 is 1.73 bits per heavy atom. The lowest BCUT2D eigenvalue weighted by Gasteiger charge is -2.37. The molecule has 116 valence electrons. The van der Waals surface area contributed by atoms with Crippen LogP contribution in [0.3, 0.4) is 0 Å². The monoisotopic (exact) mass is 298 g/mol. The average molecular weight is 298 g/mol. The maximum atomic E-state index is 13.3. The van der Waals surface area contributed by atoms with Crippen molar-refractivity contribution in [2.45, 2.75) is 20.4 Å². The molecule has 0 atom stereocenters. The van der Waals surface area contributed by atoms with Crippen LogP contribution in [-0.4, -0.2) is 31.1 Å². The summed E-state index contributed by atoms with van der Waals surface area (Å²) in [5.74, 6) is -0.147. The molecule has 0 spiro atoms.